The second-order valence-corrected chi connectivity index (χ2v) is 2.97. The SMILES string of the molecule is COc1ccn2c(Br)nnc2c1. The third-order valence-electron chi connectivity index (χ3n) is 1.58. The number of halogens is 1. The number of aromatic nitrogens is 3. The molecule has 2 aromatic rings. The summed E-state index contributed by atoms with van der Waals surface area (Å²) < 4.78 is 7.55. The highest BCUT2D eigenvalue weighted by Crippen LogP contribution is 2.15. The fourth-order valence-corrected chi connectivity index (χ4v) is 1.35. The van der Waals surface area contributed by atoms with Gasteiger partial charge in [-0.05, 0) is 22.0 Å². The molecule has 4 nitrogen and oxygen atoms in total. The number of fused-ring (bicyclic) bond motifs is 1. The highest BCUT2D eigenvalue weighted by atomic mass is 79.9. The van der Waals surface area contributed by atoms with Gasteiger partial charge in [0.25, 0.3) is 0 Å². The van der Waals surface area contributed by atoms with Crippen molar-refractivity contribution in [2.24, 2.45) is 0 Å². The van der Waals surface area contributed by atoms with Crippen LogP contribution in [0, 0.1) is 0 Å². The van der Waals surface area contributed by atoms with Crippen LogP contribution in [0.4, 0.5) is 0 Å². The summed E-state index contributed by atoms with van der Waals surface area (Å²) in [6, 6.07) is 3.67. The molecule has 0 unspecified atom stereocenters. The van der Waals surface area contributed by atoms with E-state index < -0.39 is 0 Å². The Balaban J connectivity index is 2.69. The van der Waals surface area contributed by atoms with E-state index in [2.05, 4.69) is 26.1 Å². The number of pyridine rings is 1. The van der Waals surface area contributed by atoms with Crippen molar-refractivity contribution in [3.8, 4) is 5.75 Å². The van der Waals surface area contributed by atoms with Crippen molar-refractivity contribution in [2.45, 2.75) is 0 Å². The molecule has 62 valence electrons. The van der Waals surface area contributed by atoms with Crippen LogP contribution in [0.5, 0.6) is 5.75 Å². The van der Waals surface area contributed by atoms with Crippen molar-refractivity contribution in [2.75, 3.05) is 7.11 Å². The Labute approximate surface area is 77.3 Å². The van der Waals surface area contributed by atoms with E-state index >= 15 is 0 Å². The first-order valence-corrected chi connectivity index (χ1v) is 4.15. The van der Waals surface area contributed by atoms with Crippen LogP contribution in [0.3, 0.4) is 0 Å². The molecule has 0 aliphatic rings. The smallest absolute Gasteiger partial charge is 0.204 e. The van der Waals surface area contributed by atoms with Gasteiger partial charge in [0.1, 0.15) is 5.75 Å². The van der Waals surface area contributed by atoms with E-state index in [-0.39, 0.29) is 0 Å². The minimum atomic E-state index is 0.695. The molecule has 0 radical (unpaired) electrons. The fraction of sp³-hybridized carbons (Fsp3) is 0.143. The van der Waals surface area contributed by atoms with Gasteiger partial charge in [0.15, 0.2) is 5.65 Å². The van der Waals surface area contributed by atoms with Gasteiger partial charge in [0.2, 0.25) is 4.73 Å². The van der Waals surface area contributed by atoms with Crippen LogP contribution in [-0.2, 0) is 0 Å². The van der Waals surface area contributed by atoms with Crippen LogP contribution in [0.2, 0.25) is 0 Å². The predicted octanol–water partition coefficient (Wildman–Crippen LogP) is 1.50. The summed E-state index contributed by atoms with van der Waals surface area (Å²) in [6.45, 7) is 0. The number of hydrogen-bond acceptors (Lipinski definition) is 3. The molecule has 0 fully saturated rings. The van der Waals surface area contributed by atoms with Gasteiger partial charge in [-0.3, -0.25) is 4.40 Å². The van der Waals surface area contributed by atoms with E-state index in [1.807, 2.05) is 22.7 Å². The van der Waals surface area contributed by atoms with Crippen LogP contribution in [0.25, 0.3) is 5.65 Å². The third-order valence-corrected chi connectivity index (χ3v) is 2.12. The lowest BCUT2D eigenvalue weighted by Crippen LogP contribution is -1.87. The van der Waals surface area contributed by atoms with Gasteiger partial charge in [-0.15, -0.1) is 10.2 Å². The topological polar surface area (TPSA) is 39.4 Å². The molecule has 2 heterocycles. The van der Waals surface area contributed by atoms with Gasteiger partial charge in [0.05, 0.1) is 7.11 Å². The first-order valence-electron chi connectivity index (χ1n) is 3.35. The maximum absolute atomic E-state index is 5.04. The molecule has 0 atom stereocenters. The predicted molar refractivity (Wildman–Crippen MR) is 47.2 cm³/mol. The van der Waals surface area contributed by atoms with Crippen molar-refractivity contribution >= 4 is 21.6 Å². The average Bonchev–Trinajstić information content (AvgIpc) is 2.47. The third kappa shape index (κ3) is 1.06. The van der Waals surface area contributed by atoms with E-state index in [0.717, 1.165) is 11.4 Å². The molecule has 0 N–H and O–H groups in total. The second kappa shape index (κ2) is 2.75. The summed E-state index contributed by atoms with van der Waals surface area (Å²) in [5, 5.41) is 7.76. The molecule has 0 aliphatic carbocycles. The maximum Gasteiger partial charge on any atom is 0.204 e. The highest BCUT2D eigenvalue weighted by molar-refractivity contribution is 9.10. The molecule has 2 rings (SSSR count). The molecule has 5 heteroatoms. The Morgan fingerprint density at radius 1 is 1.50 bits per heavy atom. The Morgan fingerprint density at radius 2 is 2.33 bits per heavy atom. The molecular weight excluding hydrogens is 222 g/mol. The Bertz CT molecular complexity index is 412. The molecule has 0 spiro atoms. The van der Waals surface area contributed by atoms with Gasteiger partial charge in [-0.25, -0.2) is 0 Å². The number of nitrogens with zero attached hydrogens (tertiary/aromatic N) is 3. The molecule has 2 aromatic heterocycles. The minimum absolute atomic E-state index is 0.695. The quantitative estimate of drug-likeness (QED) is 0.742. The molecule has 0 bridgehead atoms. The largest absolute Gasteiger partial charge is 0.497 e. The molecular formula is C7H6BrN3O. The van der Waals surface area contributed by atoms with Crippen LogP contribution >= 0.6 is 15.9 Å². The van der Waals surface area contributed by atoms with Gasteiger partial charge < -0.3 is 4.74 Å². The molecule has 12 heavy (non-hydrogen) atoms. The molecule has 0 amide bonds. The van der Waals surface area contributed by atoms with Gasteiger partial charge >= 0.3 is 0 Å². The lowest BCUT2D eigenvalue weighted by atomic mass is 10.4. The Hall–Kier alpha value is -1.10. The number of ether oxygens (including phenoxy) is 1. The van der Waals surface area contributed by atoms with E-state index in [9.17, 15) is 0 Å². The number of rotatable bonds is 1. The second-order valence-electron chi connectivity index (χ2n) is 2.26. The summed E-state index contributed by atoms with van der Waals surface area (Å²) in [4.78, 5) is 0. The maximum atomic E-state index is 5.04. The Kier molecular flexibility index (Phi) is 1.73. The number of methoxy groups -OCH3 is 1. The molecule has 0 saturated heterocycles. The van der Waals surface area contributed by atoms with E-state index in [4.69, 9.17) is 4.74 Å². The van der Waals surface area contributed by atoms with Crippen molar-refractivity contribution in [3.05, 3.63) is 23.1 Å². The standard InChI is InChI=1S/C7H6BrN3O/c1-12-5-2-3-11-6(4-5)9-10-7(11)8/h2-4H,1H3. The van der Waals surface area contributed by atoms with Crippen molar-refractivity contribution in [1.82, 2.24) is 14.6 Å². The summed E-state index contributed by atoms with van der Waals surface area (Å²) in [6.07, 6.45) is 1.85. The molecule has 0 aliphatic heterocycles. The number of hydrogen-bond donors (Lipinski definition) is 0. The summed E-state index contributed by atoms with van der Waals surface area (Å²) in [7, 11) is 1.62. The summed E-state index contributed by atoms with van der Waals surface area (Å²) in [5.74, 6) is 0.780. The summed E-state index contributed by atoms with van der Waals surface area (Å²) in [5.41, 5.74) is 0.765. The Morgan fingerprint density at radius 3 is 3.08 bits per heavy atom. The average molecular weight is 228 g/mol. The lowest BCUT2D eigenvalue weighted by molar-refractivity contribution is 0.414. The van der Waals surface area contributed by atoms with Crippen molar-refractivity contribution in [1.29, 1.82) is 0 Å². The zero-order chi connectivity index (χ0) is 8.55. The van der Waals surface area contributed by atoms with Gasteiger partial charge in [-0.2, -0.15) is 0 Å². The van der Waals surface area contributed by atoms with Crippen LogP contribution in [0.15, 0.2) is 23.1 Å². The zero-order valence-corrected chi connectivity index (χ0v) is 7.95. The van der Waals surface area contributed by atoms with Gasteiger partial charge in [-0.1, -0.05) is 0 Å². The van der Waals surface area contributed by atoms with E-state index in [0.29, 0.717) is 4.73 Å². The van der Waals surface area contributed by atoms with Crippen LogP contribution in [0.1, 0.15) is 0 Å². The first-order chi connectivity index (χ1) is 5.81. The van der Waals surface area contributed by atoms with Crippen LogP contribution in [-0.4, -0.2) is 21.7 Å². The monoisotopic (exact) mass is 227 g/mol. The van der Waals surface area contributed by atoms with Crippen molar-refractivity contribution < 1.29 is 4.74 Å². The molecule has 0 saturated carbocycles. The first kappa shape index (κ1) is 7.54. The summed E-state index contributed by atoms with van der Waals surface area (Å²) >= 11 is 3.26. The van der Waals surface area contributed by atoms with Crippen LogP contribution < -0.4 is 4.74 Å². The van der Waals surface area contributed by atoms with Gasteiger partial charge in [0, 0.05) is 12.3 Å². The minimum Gasteiger partial charge on any atom is -0.497 e. The van der Waals surface area contributed by atoms with Crippen molar-refractivity contribution in [3.63, 3.8) is 0 Å². The van der Waals surface area contributed by atoms with E-state index in [1.165, 1.54) is 0 Å². The molecule has 0 aromatic carbocycles. The van der Waals surface area contributed by atoms with E-state index in [1.54, 1.807) is 7.11 Å². The highest BCUT2D eigenvalue weighted by Gasteiger charge is 2.01. The fourth-order valence-electron chi connectivity index (χ4n) is 0.970. The zero-order valence-electron chi connectivity index (χ0n) is 6.36. The lowest BCUT2D eigenvalue weighted by Gasteiger charge is -1.98. The normalized spacial score (nSPS) is 10.5.